The average Bonchev–Trinajstić information content (AvgIpc) is 2.81. The van der Waals surface area contributed by atoms with Gasteiger partial charge in [-0.1, -0.05) is 0 Å². The first-order valence-corrected chi connectivity index (χ1v) is 9.80. The predicted octanol–water partition coefficient (Wildman–Crippen LogP) is -0.207. The molecule has 4 rings (SSSR count). The molecule has 1 fully saturated rings. The lowest BCUT2D eigenvalue weighted by molar-refractivity contribution is -0.277. The van der Waals surface area contributed by atoms with Crippen molar-refractivity contribution in [1.82, 2.24) is 0 Å². The van der Waals surface area contributed by atoms with Crippen LogP contribution in [0.3, 0.4) is 0 Å². The summed E-state index contributed by atoms with van der Waals surface area (Å²) in [5.74, 6) is -5.28. The van der Waals surface area contributed by atoms with Crippen LogP contribution in [-0.2, 0) is 4.74 Å². The number of hydrogen-bond acceptors (Lipinski definition) is 12. The van der Waals surface area contributed by atoms with Crippen LogP contribution in [0.5, 0.6) is 40.2 Å². The van der Waals surface area contributed by atoms with E-state index < -0.39 is 71.8 Å². The van der Waals surface area contributed by atoms with Crippen LogP contribution >= 0.6 is 0 Å². The highest BCUT2D eigenvalue weighted by atomic mass is 16.7. The molecule has 2 heterocycles. The third-order valence-electron chi connectivity index (χ3n) is 5.39. The fourth-order valence-corrected chi connectivity index (χ4v) is 3.53. The van der Waals surface area contributed by atoms with Crippen molar-refractivity contribution in [3.8, 4) is 51.6 Å². The summed E-state index contributed by atoms with van der Waals surface area (Å²) in [4.78, 5) is 0. The summed E-state index contributed by atoms with van der Waals surface area (Å²) in [6.45, 7) is -0.729. The SMILES string of the molecule is OCC1O[C@@H](Oc2cc3c(O)c(O)c(O)cc3[o+]c2-c2cc(O)c(O)c(O)c2)C(O)[C@@H](O)[C@@H]1O. The first-order valence-electron chi connectivity index (χ1n) is 9.80. The Morgan fingerprint density at radius 2 is 1.38 bits per heavy atom. The number of aromatic hydroxyl groups is 6. The molecule has 1 saturated heterocycles. The molecule has 182 valence electrons. The number of phenols is 6. The molecule has 0 aliphatic carbocycles. The van der Waals surface area contributed by atoms with Crippen LogP contribution in [0.1, 0.15) is 0 Å². The molecule has 0 saturated carbocycles. The van der Waals surface area contributed by atoms with Gasteiger partial charge in [0.2, 0.25) is 17.8 Å². The van der Waals surface area contributed by atoms with Gasteiger partial charge in [0, 0.05) is 18.2 Å². The third kappa shape index (κ3) is 3.81. The summed E-state index contributed by atoms with van der Waals surface area (Å²) in [6.07, 6.45) is -8.23. The second-order valence-electron chi connectivity index (χ2n) is 7.62. The van der Waals surface area contributed by atoms with Gasteiger partial charge >= 0.3 is 11.3 Å². The minimum Gasteiger partial charge on any atom is -0.504 e. The van der Waals surface area contributed by atoms with Crippen molar-refractivity contribution in [3.63, 3.8) is 0 Å². The zero-order chi connectivity index (χ0) is 24.9. The number of ether oxygens (including phenoxy) is 2. The molecule has 1 aliphatic rings. The van der Waals surface area contributed by atoms with Crippen molar-refractivity contribution in [1.29, 1.82) is 0 Å². The zero-order valence-corrected chi connectivity index (χ0v) is 17.1. The minimum atomic E-state index is -1.82. The maximum Gasteiger partial charge on any atom is 0.402 e. The molecule has 13 heteroatoms. The van der Waals surface area contributed by atoms with Crippen molar-refractivity contribution < 1.29 is 65.0 Å². The van der Waals surface area contributed by atoms with Crippen molar-refractivity contribution in [2.24, 2.45) is 0 Å². The normalized spacial score (nSPS) is 24.9. The maximum atomic E-state index is 10.3. The van der Waals surface area contributed by atoms with Crippen LogP contribution in [0.25, 0.3) is 22.3 Å². The van der Waals surface area contributed by atoms with E-state index in [0.717, 1.165) is 24.3 Å². The Morgan fingerprint density at radius 3 is 2.00 bits per heavy atom. The molecule has 3 aromatic rings. The van der Waals surface area contributed by atoms with Crippen LogP contribution in [-0.4, -0.2) is 88.4 Å². The summed E-state index contributed by atoms with van der Waals surface area (Å²) >= 11 is 0. The number of benzene rings is 2. The van der Waals surface area contributed by atoms with E-state index in [1.54, 1.807) is 0 Å². The Kier molecular flexibility index (Phi) is 5.89. The van der Waals surface area contributed by atoms with Crippen LogP contribution in [0.15, 0.2) is 28.7 Å². The second kappa shape index (κ2) is 8.55. The van der Waals surface area contributed by atoms with Crippen molar-refractivity contribution in [3.05, 3.63) is 24.3 Å². The van der Waals surface area contributed by atoms with Crippen LogP contribution in [0, 0.1) is 0 Å². The van der Waals surface area contributed by atoms with Crippen molar-refractivity contribution in [2.75, 3.05) is 6.61 Å². The predicted molar refractivity (Wildman–Crippen MR) is 110 cm³/mol. The van der Waals surface area contributed by atoms with Gasteiger partial charge in [-0.25, -0.2) is 4.42 Å². The molecule has 0 bridgehead atoms. The zero-order valence-electron chi connectivity index (χ0n) is 17.1. The van der Waals surface area contributed by atoms with Gasteiger partial charge in [-0.15, -0.1) is 0 Å². The third-order valence-corrected chi connectivity index (χ3v) is 5.39. The Hall–Kier alpha value is -3.75. The van der Waals surface area contributed by atoms with Crippen molar-refractivity contribution >= 4 is 11.0 Å². The monoisotopic (exact) mass is 481 g/mol. The summed E-state index contributed by atoms with van der Waals surface area (Å²) in [7, 11) is 0. The van der Waals surface area contributed by atoms with Gasteiger partial charge in [-0.2, -0.15) is 0 Å². The number of aliphatic hydroxyl groups is 4. The van der Waals surface area contributed by atoms with E-state index in [9.17, 15) is 51.1 Å². The lowest BCUT2D eigenvalue weighted by Crippen LogP contribution is -2.60. The highest BCUT2D eigenvalue weighted by Crippen LogP contribution is 2.47. The largest absolute Gasteiger partial charge is 0.504 e. The molecular formula is C21H21O13+. The number of fused-ring (bicyclic) bond motifs is 1. The molecule has 34 heavy (non-hydrogen) atoms. The Morgan fingerprint density at radius 1 is 0.765 bits per heavy atom. The van der Waals surface area contributed by atoms with Crippen molar-refractivity contribution in [2.45, 2.75) is 30.7 Å². The van der Waals surface area contributed by atoms with E-state index in [1.165, 1.54) is 0 Å². The fourth-order valence-electron chi connectivity index (χ4n) is 3.53. The lowest BCUT2D eigenvalue weighted by atomic mass is 9.99. The van der Waals surface area contributed by atoms with Gasteiger partial charge in [0.15, 0.2) is 28.7 Å². The van der Waals surface area contributed by atoms with E-state index in [1.807, 2.05) is 0 Å². The first-order chi connectivity index (χ1) is 16.0. The topological polar surface area (TPSA) is 232 Å². The molecule has 0 amide bonds. The number of phenolic OH excluding ortho intramolecular Hbond substituents is 6. The number of hydrogen-bond donors (Lipinski definition) is 10. The molecule has 5 atom stereocenters. The molecule has 0 spiro atoms. The van der Waals surface area contributed by atoms with Gasteiger partial charge in [0.05, 0.1) is 18.2 Å². The quantitative estimate of drug-likeness (QED) is 0.172. The molecule has 1 aromatic heterocycles. The van der Waals surface area contributed by atoms with Gasteiger partial charge < -0.3 is 60.5 Å². The smallest absolute Gasteiger partial charge is 0.402 e. The minimum absolute atomic E-state index is 0.0821. The molecule has 2 aromatic carbocycles. The molecule has 10 N–H and O–H groups in total. The van der Waals surface area contributed by atoms with Gasteiger partial charge in [0.1, 0.15) is 29.8 Å². The van der Waals surface area contributed by atoms with Crippen LogP contribution < -0.4 is 4.74 Å². The van der Waals surface area contributed by atoms with E-state index in [-0.39, 0.29) is 28.0 Å². The van der Waals surface area contributed by atoms with E-state index >= 15 is 0 Å². The second-order valence-corrected chi connectivity index (χ2v) is 7.62. The lowest BCUT2D eigenvalue weighted by Gasteiger charge is -2.39. The highest BCUT2D eigenvalue weighted by Gasteiger charge is 2.45. The highest BCUT2D eigenvalue weighted by molar-refractivity contribution is 5.91. The Labute approximate surface area is 189 Å². The number of rotatable bonds is 4. The van der Waals surface area contributed by atoms with E-state index in [4.69, 9.17) is 13.9 Å². The maximum absolute atomic E-state index is 10.3. The fraction of sp³-hybridized carbons (Fsp3) is 0.286. The van der Waals surface area contributed by atoms with Crippen LogP contribution in [0.4, 0.5) is 0 Å². The molecular weight excluding hydrogens is 460 g/mol. The summed E-state index contributed by atoms with van der Waals surface area (Å²) in [5, 5.41) is 98.9. The molecule has 0 radical (unpaired) electrons. The van der Waals surface area contributed by atoms with Gasteiger partial charge in [-0.05, 0) is 0 Å². The Balaban J connectivity index is 1.89. The summed E-state index contributed by atoms with van der Waals surface area (Å²) < 4.78 is 16.6. The Bertz CT molecular complexity index is 1220. The summed E-state index contributed by atoms with van der Waals surface area (Å²) in [6, 6.07) is 4.04. The van der Waals surface area contributed by atoms with E-state index in [0.29, 0.717) is 0 Å². The standard InChI is InChI=1S/C21H20O13/c22-5-13-17(29)18(30)19(31)21(34-13)33-12-3-7-11(4-10(25)16(28)14(7)26)32-20(12)6-1-8(23)15(27)9(24)2-6/h1-4,13,17-19,21-22,29-31H,5H2,(H5-,23,24,25,26,27,28)/p+1/t13?,17-,18+,19?,21-/m1/s1. The molecule has 13 nitrogen and oxygen atoms in total. The molecule has 2 unspecified atom stereocenters. The first kappa shape index (κ1) is 23.4. The average molecular weight is 481 g/mol. The molecule has 1 aliphatic heterocycles. The summed E-state index contributed by atoms with van der Waals surface area (Å²) in [5.41, 5.74) is -0.266. The van der Waals surface area contributed by atoms with Gasteiger partial charge in [0.25, 0.3) is 0 Å². The van der Waals surface area contributed by atoms with E-state index in [2.05, 4.69) is 0 Å². The van der Waals surface area contributed by atoms with Crippen LogP contribution in [0.2, 0.25) is 0 Å². The number of aliphatic hydroxyl groups excluding tert-OH is 4. The van der Waals surface area contributed by atoms with Gasteiger partial charge in [-0.3, -0.25) is 0 Å².